The summed E-state index contributed by atoms with van der Waals surface area (Å²) in [4.78, 5) is 9.94. The van der Waals surface area contributed by atoms with Crippen molar-refractivity contribution in [3.05, 3.63) is 33.3 Å². The van der Waals surface area contributed by atoms with Crippen molar-refractivity contribution in [1.29, 1.82) is 5.26 Å². The second-order valence-corrected chi connectivity index (χ2v) is 7.05. The third kappa shape index (κ3) is 3.15. The molecule has 0 radical (unpaired) electrons. The molecule has 1 aliphatic rings. The lowest BCUT2D eigenvalue weighted by Crippen LogP contribution is -2.39. The molecule has 112 valence electrons. The molecule has 1 aromatic carbocycles. The smallest absolute Gasteiger partial charge is 0.258 e. The molecular formula is C12H12ClN3O4S. The Bertz CT molecular complexity index is 714. The number of nitriles is 1. The first kappa shape index (κ1) is 15.7. The molecule has 2 rings (SSSR count). The highest BCUT2D eigenvalue weighted by Crippen LogP contribution is 2.30. The number of hydrogen-bond acceptors (Lipinski definition) is 5. The van der Waals surface area contributed by atoms with Crippen molar-refractivity contribution in [3.8, 4) is 6.07 Å². The molecule has 1 aromatic rings. The van der Waals surface area contributed by atoms with E-state index in [1.165, 1.54) is 16.4 Å². The molecule has 0 aliphatic carbocycles. The molecule has 1 fully saturated rings. The zero-order valence-electron chi connectivity index (χ0n) is 10.9. The van der Waals surface area contributed by atoms with Gasteiger partial charge in [-0.25, -0.2) is 8.42 Å². The lowest BCUT2D eigenvalue weighted by molar-refractivity contribution is -0.384. The molecule has 0 spiro atoms. The summed E-state index contributed by atoms with van der Waals surface area (Å²) in [5.41, 5.74) is -0.452. The van der Waals surface area contributed by atoms with Crippen LogP contribution >= 0.6 is 11.6 Å². The molecular weight excluding hydrogens is 318 g/mol. The average molecular weight is 330 g/mol. The van der Waals surface area contributed by atoms with E-state index in [1.807, 2.05) is 0 Å². The number of nitro benzene ring substituents is 1. The molecule has 1 unspecified atom stereocenters. The summed E-state index contributed by atoms with van der Waals surface area (Å²) in [6.45, 7) is 0.409. The van der Waals surface area contributed by atoms with E-state index in [2.05, 4.69) is 6.07 Å². The van der Waals surface area contributed by atoms with Gasteiger partial charge in [0.1, 0.15) is 5.02 Å². The molecule has 7 nitrogen and oxygen atoms in total. The van der Waals surface area contributed by atoms with Crippen molar-refractivity contribution < 1.29 is 13.3 Å². The topological polar surface area (TPSA) is 104 Å². The van der Waals surface area contributed by atoms with Crippen molar-refractivity contribution >= 4 is 27.3 Å². The van der Waals surface area contributed by atoms with Crippen LogP contribution in [0.5, 0.6) is 0 Å². The Labute approximate surface area is 126 Å². The number of hydrogen-bond donors (Lipinski definition) is 0. The lowest BCUT2D eigenvalue weighted by Gasteiger charge is -2.28. The molecule has 0 aromatic heterocycles. The molecule has 0 bridgehead atoms. The van der Waals surface area contributed by atoms with Gasteiger partial charge in [-0.3, -0.25) is 10.1 Å². The van der Waals surface area contributed by atoms with Gasteiger partial charge in [-0.2, -0.15) is 9.57 Å². The number of sulfonamides is 1. The maximum absolute atomic E-state index is 12.5. The first-order chi connectivity index (χ1) is 9.86. The molecule has 1 saturated heterocycles. The fourth-order valence-corrected chi connectivity index (χ4v) is 3.94. The lowest BCUT2D eigenvalue weighted by atomic mass is 10.0. The molecule has 0 saturated carbocycles. The summed E-state index contributed by atoms with van der Waals surface area (Å²) in [6, 6.07) is 5.44. The van der Waals surface area contributed by atoms with Gasteiger partial charge in [-0.1, -0.05) is 11.6 Å². The molecule has 0 amide bonds. The molecule has 1 heterocycles. The normalized spacial score (nSPS) is 19.9. The van der Waals surface area contributed by atoms with Crippen LogP contribution < -0.4 is 0 Å². The maximum atomic E-state index is 12.5. The minimum atomic E-state index is -3.86. The Morgan fingerprint density at radius 2 is 2.19 bits per heavy atom. The standard InChI is InChI=1S/C12H12ClN3O4S/c13-11-4-3-10(6-12(11)16(17)18)21(19,20)15-5-1-2-9(7-14)8-15/h3-4,6,9H,1-2,5,8H2. The van der Waals surface area contributed by atoms with E-state index >= 15 is 0 Å². The second-order valence-electron chi connectivity index (χ2n) is 4.70. The van der Waals surface area contributed by atoms with E-state index in [4.69, 9.17) is 16.9 Å². The van der Waals surface area contributed by atoms with Crippen LogP contribution in [0.25, 0.3) is 0 Å². The van der Waals surface area contributed by atoms with Crippen LogP contribution in [0.2, 0.25) is 5.02 Å². The Balaban J connectivity index is 2.38. The highest BCUT2D eigenvalue weighted by Gasteiger charge is 2.31. The van der Waals surface area contributed by atoms with Crippen LogP contribution in [0.1, 0.15) is 12.8 Å². The van der Waals surface area contributed by atoms with Crippen molar-refractivity contribution in [2.45, 2.75) is 17.7 Å². The van der Waals surface area contributed by atoms with E-state index in [-0.39, 0.29) is 22.4 Å². The SMILES string of the molecule is N#CC1CCCN(S(=O)(=O)c2ccc(Cl)c([N+](=O)[O-])c2)C1. The number of benzene rings is 1. The van der Waals surface area contributed by atoms with Crippen molar-refractivity contribution in [3.63, 3.8) is 0 Å². The Kier molecular flexibility index (Phi) is 4.46. The molecule has 9 heteroatoms. The number of halogens is 1. The fourth-order valence-electron chi connectivity index (χ4n) is 2.21. The van der Waals surface area contributed by atoms with Crippen molar-refractivity contribution in [1.82, 2.24) is 4.31 Å². The highest BCUT2D eigenvalue weighted by molar-refractivity contribution is 7.89. The Morgan fingerprint density at radius 3 is 2.81 bits per heavy atom. The van der Waals surface area contributed by atoms with Gasteiger partial charge >= 0.3 is 0 Å². The average Bonchev–Trinajstić information content (AvgIpc) is 2.47. The van der Waals surface area contributed by atoms with E-state index in [0.29, 0.717) is 19.4 Å². The summed E-state index contributed by atoms with van der Waals surface area (Å²) >= 11 is 5.68. The van der Waals surface area contributed by atoms with Crippen LogP contribution in [0.4, 0.5) is 5.69 Å². The maximum Gasteiger partial charge on any atom is 0.289 e. The van der Waals surface area contributed by atoms with Crippen LogP contribution in [0, 0.1) is 27.4 Å². The summed E-state index contributed by atoms with van der Waals surface area (Å²) in [6.07, 6.45) is 1.25. The van der Waals surface area contributed by atoms with Crippen molar-refractivity contribution in [2.24, 2.45) is 5.92 Å². The van der Waals surface area contributed by atoms with E-state index in [0.717, 1.165) is 6.07 Å². The molecule has 0 N–H and O–H groups in total. The fraction of sp³-hybridized carbons (Fsp3) is 0.417. The summed E-state index contributed by atoms with van der Waals surface area (Å²) in [5, 5.41) is 19.6. The van der Waals surface area contributed by atoms with Gasteiger partial charge in [0, 0.05) is 19.2 Å². The third-order valence-electron chi connectivity index (χ3n) is 3.32. The second kappa shape index (κ2) is 5.97. The van der Waals surface area contributed by atoms with Crippen molar-refractivity contribution in [2.75, 3.05) is 13.1 Å². The van der Waals surface area contributed by atoms with Gasteiger partial charge in [0.2, 0.25) is 10.0 Å². The van der Waals surface area contributed by atoms with Gasteiger partial charge < -0.3 is 0 Å². The predicted octanol–water partition coefficient (Wildman–Crippen LogP) is 2.17. The van der Waals surface area contributed by atoms with Crippen LogP contribution in [-0.4, -0.2) is 30.7 Å². The molecule has 21 heavy (non-hydrogen) atoms. The summed E-state index contributed by atoms with van der Waals surface area (Å²) in [5.74, 6) is -0.351. The van der Waals surface area contributed by atoms with E-state index in [1.54, 1.807) is 0 Å². The van der Waals surface area contributed by atoms with Crippen LogP contribution in [0.15, 0.2) is 23.1 Å². The largest absolute Gasteiger partial charge is 0.289 e. The van der Waals surface area contributed by atoms with Gasteiger partial charge in [0.25, 0.3) is 5.69 Å². The number of rotatable bonds is 3. The first-order valence-electron chi connectivity index (χ1n) is 6.20. The summed E-state index contributed by atoms with van der Waals surface area (Å²) in [7, 11) is -3.86. The zero-order chi connectivity index (χ0) is 15.6. The summed E-state index contributed by atoms with van der Waals surface area (Å²) < 4.78 is 26.2. The molecule has 1 aliphatic heterocycles. The number of nitrogens with zero attached hydrogens (tertiary/aromatic N) is 3. The quantitative estimate of drug-likeness (QED) is 0.624. The van der Waals surface area contributed by atoms with Gasteiger partial charge in [-0.05, 0) is 25.0 Å². The van der Waals surface area contributed by atoms with Gasteiger partial charge in [0.05, 0.1) is 21.8 Å². The van der Waals surface area contributed by atoms with Gasteiger partial charge in [0.15, 0.2) is 0 Å². The highest BCUT2D eigenvalue weighted by atomic mass is 35.5. The third-order valence-corrected chi connectivity index (χ3v) is 5.50. The van der Waals surface area contributed by atoms with E-state index < -0.39 is 20.6 Å². The zero-order valence-corrected chi connectivity index (χ0v) is 12.5. The minimum absolute atomic E-state index is 0.106. The number of nitro groups is 1. The first-order valence-corrected chi connectivity index (χ1v) is 8.02. The predicted molar refractivity (Wildman–Crippen MR) is 75.2 cm³/mol. The number of piperidine rings is 1. The Morgan fingerprint density at radius 1 is 1.48 bits per heavy atom. The molecule has 1 atom stereocenters. The van der Waals surface area contributed by atoms with E-state index in [9.17, 15) is 18.5 Å². The van der Waals surface area contributed by atoms with Crippen LogP contribution in [-0.2, 0) is 10.0 Å². The van der Waals surface area contributed by atoms with Gasteiger partial charge in [-0.15, -0.1) is 0 Å². The Hall–Kier alpha value is -1.69. The monoisotopic (exact) mass is 329 g/mol. The van der Waals surface area contributed by atoms with Crippen LogP contribution in [0.3, 0.4) is 0 Å². The minimum Gasteiger partial charge on any atom is -0.258 e.